The van der Waals surface area contributed by atoms with Crippen LogP contribution in [-0.2, 0) is 0 Å². The summed E-state index contributed by atoms with van der Waals surface area (Å²) in [7, 11) is 1.68. The molecule has 0 spiro atoms. The number of hydrogen-bond donors (Lipinski definition) is 2. The summed E-state index contributed by atoms with van der Waals surface area (Å²) in [4.78, 5) is 0. The number of hydrogen-bond acceptors (Lipinski definition) is 3. The van der Waals surface area contributed by atoms with Gasteiger partial charge in [0.25, 0.3) is 0 Å². The van der Waals surface area contributed by atoms with Crippen molar-refractivity contribution in [2.45, 2.75) is 32.2 Å². The van der Waals surface area contributed by atoms with Crippen LogP contribution in [0.4, 0.5) is 5.69 Å². The zero-order chi connectivity index (χ0) is 11.8. The fourth-order valence-corrected chi connectivity index (χ4v) is 1.65. The largest absolute Gasteiger partial charge is 0.497 e. The molecule has 0 aromatic heterocycles. The number of unbranched alkanes of at least 4 members (excludes halogenated alkanes) is 1. The second-order valence-electron chi connectivity index (χ2n) is 3.95. The van der Waals surface area contributed by atoms with Crippen LogP contribution in [0.25, 0.3) is 0 Å². The summed E-state index contributed by atoms with van der Waals surface area (Å²) in [6.07, 6.45) is 3.53. The van der Waals surface area contributed by atoms with Crippen LogP contribution < -0.4 is 15.8 Å². The highest BCUT2D eigenvalue weighted by Gasteiger charge is 2.05. The van der Waals surface area contributed by atoms with Gasteiger partial charge in [-0.1, -0.05) is 25.8 Å². The van der Waals surface area contributed by atoms with E-state index < -0.39 is 0 Å². The highest BCUT2D eigenvalue weighted by molar-refractivity contribution is 5.48. The molecule has 1 aromatic rings. The Morgan fingerprint density at radius 1 is 1.44 bits per heavy atom. The van der Waals surface area contributed by atoms with E-state index in [0.29, 0.717) is 12.6 Å². The van der Waals surface area contributed by atoms with Gasteiger partial charge >= 0.3 is 0 Å². The highest BCUT2D eigenvalue weighted by atomic mass is 16.5. The predicted molar refractivity (Wildman–Crippen MR) is 69.0 cm³/mol. The molecule has 0 saturated carbocycles. The van der Waals surface area contributed by atoms with Gasteiger partial charge < -0.3 is 15.8 Å². The number of nitrogens with one attached hydrogen (secondary N) is 1. The minimum atomic E-state index is 0.354. The van der Waals surface area contributed by atoms with Crippen molar-refractivity contribution < 1.29 is 4.74 Å². The normalized spacial score (nSPS) is 12.2. The summed E-state index contributed by atoms with van der Waals surface area (Å²) >= 11 is 0. The molecule has 3 heteroatoms. The third-order valence-corrected chi connectivity index (χ3v) is 2.63. The number of anilines is 1. The summed E-state index contributed by atoms with van der Waals surface area (Å²) in [6, 6.07) is 8.31. The van der Waals surface area contributed by atoms with Crippen LogP contribution >= 0.6 is 0 Å². The average Bonchev–Trinajstić information content (AvgIpc) is 2.34. The molecule has 0 amide bonds. The van der Waals surface area contributed by atoms with Gasteiger partial charge in [-0.25, -0.2) is 0 Å². The van der Waals surface area contributed by atoms with Crippen molar-refractivity contribution in [3.63, 3.8) is 0 Å². The SMILES string of the molecule is CCCCC(CN)Nc1cccc(OC)c1. The third-order valence-electron chi connectivity index (χ3n) is 2.63. The number of rotatable bonds is 7. The van der Waals surface area contributed by atoms with Crippen LogP contribution in [0.2, 0.25) is 0 Å². The highest BCUT2D eigenvalue weighted by Crippen LogP contribution is 2.18. The maximum Gasteiger partial charge on any atom is 0.120 e. The van der Waals surface area contributed by atoms with Crippen LogP contribution in [0, 0.1) is 0 Å². The first-order valence-electron chi connectivity index (χ1n) is 5.90. The van der Waals surface area contributed by atoms with Gasteiger partial charge in [-0.15, -0.1) is 0 Å². The smallest absolute Gasteiger partial charge is 0.120 e. The second kappa shape index (κ2) is 7.12. The molecule has 3 nitrogen and oxygen atoms in total. The van der Waals surface area contributed by atoms with Crippen LogP contribution in [0.1, 0.15) is 26.2 Å². The van der Waals surface area contributed by atoms with E-state index in [0.717, 1.165) is 17.9 Å². The van der Waals surface area contributed by atoms with E-state index in [9.17, 15) is 0 Å². The molecule has 16 heavy (non-hydrogen) atoms. The Morgan fingerprint density at radius 2 is 2.25 bits per heavy atom. The van der Waals surface area contributed by atoms with E-state index in [4.69, 9.17) is 10.5 Å². The molecule has 1 aromatic carbocycles. The molecule has 0 aliphatic heterocycles. The minimum absolute atomic E-state index is 0.354. The van der Waals surface area contributed by atoms with Crippen LogP contribution in [0.5, 0.6) is 5.75 Å². The summed E-state index contributed by atoms with van der Waals surface area (Å²) in [6.45, 7) is 2.86. The number of ether oxygens (including phenoxy) is 1. The Labute approximate surface area is 98.0 Å². The first-order chi connectivity index (χ1) is 7.80. The van der Waals surface area contributed by atoms with E-state index in [1.165, 1.54) is 12.8 Å². The van der Waals surface area contributed by atoms with Crippen molar-refractivity contribution in [2.24, 2.45) is 5.73 Å². The van der Waals surface area contributed by atoms with Gasteiger partial charge in [-0.2, -0.15) is 0 Å². The molecule has 1 unspecified atom stereocenters. The maximum absolute atomic E-state index is 5.74. The van der Waals surface area contributed by atoms with Crippen molar-refractivity contribution in [1.82, 2.24) is 0 Å². The van der Waals surface area contributed by atoms with Crippen molar-refractivity contribution in [3.8, 4) is 5.75 Å². The molecule has 0 fully saturated rings. The van der Waals surface area contributed by atoms with Gasteiger partial charge in [0.2, 0.25) is 0 Å². The fraction of sp³-hybridized carbons (Fsp3) is 0.538. The Hall–Kier alpha value is -1.22. The zero-order valence-electron chi connectivity index (χ0n) is 10.2. The van der Waals surface area contributed by atoms with Crippen molar-refractivity contribution in [2.75, 3.05) is 19.0 Å². The summed E-state index contributed by atoms with van der Waals surface area (Å²) in [5, 5.41) is 3.43. The summed E-state index contributed by atoms with van der Waals surface area (Å²) in [5.41, 5.74) is 6.81. The van der Waals surface area contributed by atoms with E-state index in [1.54, 1.807) is 7.11 Å². The molecular formula is C13H22N2O. The molecule has 1 rings (SSSR count). The molecule has 0 aliphatic carbocycles. The Kier molecular flexibility index (Phi) is 5.72. The van der Waals surface area contributed by atoms with Gasteiger partial charge in [0, 0.05) is 24.3 Å². The lowest BCUT2D eigenvalue weighted by Gasteiger charge is -2.18. The lowest BCUT2D eigenvalue weighted by molar-refractivity contribution is 0.415. The van der Waals surface area contributed by atoms with Gasteiger partial charge in [0.1, 0.15) is 5.75 Å². The average molecular weight is 222 g/mol. The summed E-state index contributed by atoms with van der Waals surface area (Å²) < 4.78 is 5.18. The second-order valence-corrected chi connectivity index (χ2v) is 3.95. The standard InChI is InChI=1S/C13H22N2O/c1-3-4-6-12(10-14)15-11-7-5-8-13(9-11)16-2/h5,7-9,12,15H,3-4,6,10,14H2,1-2H3. The zero-order valence-corrected chi connectivity index (χ0v) is 10.2. The first-order valence-corrected chi connectivity index (χ1v) is 5.90. The van der Waals surface area contributed by atoms with Gasteiger partial charge in [-0.05, 0) is 18.6 Å². The van der Waals surface area contributed by atoms with Crippen molar-refractivity contribution in [1.29, 1.82) is 0 Å². The fourth-order valence-electron chi connectivity index (χ4n) is 1.65. The first kappa shape index (κ1) is 12.8. The molecule has 90 valence electrons. The molecule has 0 heterocycles. The van der Waals surface area contributed by atoms with E-state index in [2.05, 4.69) is 12.2 Å². The Balaban J connectivity index is 2.55. The number of methoxy groups -OCH3 is 1. The molecule has 3 N–H and O–H groups in total. The van der Waals surface area contributed by atoms with E-state index >= 15 is 0 Å². The minimum Gasteiger partial charge on any atom is -0.497 e. The van der Waals surface area contributed by atoms with E-state index in [-0.39, 0.29) is 0 Å². The lowest BCUT2D eigenvalue weighted by Crippen LogP contribution is -2.28. The molecular weight excluding hydrogens is 200 g/mol. The van der Waals surface area contributed by atoms with Gasteiger partial charge in [-0.3, -0.25) is 0 Å². The van der Waals surface area contributed by atoms with Crippen LogP contribution in [-0.4, -0.2) is 19.7 Å². The lowest BCUT2D eigenvalue weighted by atomic mass is 10.1. The molecule has 1 atom stereocenters. The topological polar surface area (TPSA) is 47.3 Å². The molecule has 0 radical (unpaired) electrons. The monoisotopic (exact) mass is 222 g/mol. The number of nitrogens with two attached hydrogens (primary N) is 1. The van der Waals surface area contributed by atoms with Crippen molar-refractivity contribution >= 4 is 5.69 Å². The van der Waals surface area contributed by atoms with Crippen LogP contribution in [0.15, 0.2) is 24.3 Å². The van der Waals surface area contributed by atoms with Gasteiger partial charge in [0.05, 0.1) is 7.11 Å². The Bertz CT molecular complexity index is 302. The molecule has 0 bridgehead atoms. The van der Waals surface area contributed by atoms with E-state index in [1.807, 2.05) is 24.3 Å². The molecule has 0 aliphatic rings. The Morgan fingerprint density at radius 3 is 2.88 bits per heavy atom. The van der Waals surface area contributed by atoms with Crippen molar-refractivity contribution in [3.05, 3.63) is 24.3 Å². The molecule has 0 saturated heterocycles. The maximum atomic E-state index is 5.74. The quantitative estimate of drug-likeness (QED) is 0.745. The van der Waals surface area contributed by atoms with Gasteiger partial charge in [0.15, 0.2) is 0 Å². The number of benzene rings is 1. The van der Waals surface area contributed by atoms with Crippen LogP contribution in [0.3, 0.4) is 0 Å². The third kappa shape index (κ3) is 4.11. The summed E-state index contributed by atoms with van der Waals surface area (Å²) in [5.74, 6) is 0.872. The predicted octanol–water partition coefficient (Wildman–Crippen LogP) is 2.62.